The number of likely N-dealkylation sites (N-methyl/N-ethyl adjacent to an activating group) is 3. The fourth-order valence-electron chi connectivity index (χ4n) is 8.09. The number of carboxylic acid groups (broad SMARTS) is 1. The molecule has 0 saturated heterocycles. The number of alkyl halides is 6. The van der Waals surface area contributed by atoms with Crippen LogP contribution in [0.5, 0.6) is 0 Å². The molecule has 402 valence electrons. The number of carboxylic acids is 1. The molecule has 3 rings (SSSR count). The van der Waals surface area contributed by atoms with Crippen LogP contribution in [-0.4, -0.2) is 142 Å². The first kappa shape index (κ1) is 60.6. The van der Waals surface area contributed by atoms with E-state index < -0.39 is 115 Å². The zero-order chi connectivity index (χ0) is 55.1. The molecular formula is C50H66F6N8O9. The van der Waals surface area contributed by atoms with E-state index in [9.17, 15) is 65.0 Å². The average molecular weight is 1040 g/mol. The van der Waals surface area contributed by atoms with Crippen LogP contribution in [-0.2, 0) is 44.7 Å². The van der Waals surface area contributed by atoms with Crippen LogP contribution in [0.15, 0.2) is 60.8 Å². The fraction of sp³-hybridized carbons (Fsp3) is 0.560. The number of rotatable bonds is 26. The summed E-state index contributed by atoms with van der Waals surface area (Å²) >= 11 is 0. The van der Waals surface area contributed by atoms with E-state index in [0.717, 1.165) is 30.8 Å². The fourth-order valence-corrected chi connectivity index (χ4v) is 8.09. The van der Waals surface area contributed by atoms with Crippen molar-refractivity contribution in [2.75, 3.05) is 21.1 Å². The first-order valence-electron chi connectivity index (χ1n) is 23.7. The molecule has 5 N–H and O–H groups in total. The van der Waals surface area contributed by atoms with Crippen molar-refractivity contribution < 1.29 is 69.7 Å². The van der Waals surface area contributed by atoms with Crippen LogP contribution in [0.1, 0.15) is 91.5 Å². The predicted octanol–water partition coefficient (Wildman–Crippen LogP) is 6.05. The zero-order valence-electron chi connectivity index (χ0n) is 42.1. The summed E-state index contributed by atoms with van der Waals surface area (Å²) in [4.78, 5) is 98.8. The first-order valence-corrected chi connectivity index (χ1v) is 23.7. The van der Waals surface area contributed by atoms with Crippen molar-refractivity contribution in [3.63, 3.8) is 0 Å². The minimum absolute atomic E-state index is 0.0471. The Labute approximate surface area is 420 Å². The summed E-state index contributed by atoms with van der Waals surface area (Å²) in [6, 6.07) is 7.73. The lowest BCUT2D eigenvalue weighted by atomic mass is 9.97. The van der Waals surface area contributed by atoms with Gasteiger partial charge in [0.2, 0.25) is 29.5 Å². The summed E-state index contributed by atoms with van der Waals surface area (Å²) in [6.07, 6.45) is -14.7. The molecule has 7 atom stereocenters. The molecule has 0 fully saturated rings. The number of carbonyl (C=O) groups excluding carboxylic acids is 6. The van der Waals surface area contributed by atoms with Gasteiger partial charge in [-0.25, -0.2) is 9.59 Å². The topological polar surface area (TPSA) is 237 Å². The van der Waals surface area contributed by atoms with Gasteiger partial charge in [-0.05, 0) is 74.6 Å². The van der Waals surface area contributed by atoms with Crippen molar-refractivity contribution in [2.24, 2.45) is 17.6 Å². The van der Waals surface area contributed by atoms with Gasteiger partial charge in [0.1, 0.15) is 30.2 Å². The smallest absolute Gasteiger partial charge is 0.391 e. The molecule has 0 aliphatic heterocycles. The number of amides is 5. The van der Waals surface area contributed by atoms with Gasteiger partial charge in [0, 0.05) is 57.7 Å². The van der Waals surface area contributed by atoms with E-state index in [1.165, 1.54) is 7.05 Å². The Morgan fingerprint density at radius 1 is 0.740 bits per heavy atom. The molecule has 0 saturated carbocycles. The highest BCUT2D eigenvalue weighted by Gasteiger charge is 2.41. The number of benzene rings is 2. The number of unbranched alkanes of at least 4 members (excludes halogenated alkanes) is 1. The summed E-state index contributed by atoms with van der Waals surface area (Å²) in [7, 11) is 3.37. The van der Waals surface area contributed by atoms with Crippen LogP contribution < -0.4 is 16.4 Å². The van der Waals surface area contributed by atoms with Crippen molar-refractivity contribution >= 4 is 52.4 Å². The third kappa shape index (κ3) is 18.1. The SMILES string of the molecule is CC(C)C[C@H](NC(=O)[C@H](CC(C)C)N(C)C(=O)[C@@H](N)CC(F)(F)F)C(=O)N(C)[C@@H](Cc1cn(-c2ccccc2)c2ccccc12)C(=O)N[C@@H](CCC(F)(F)F)C(=O)N(C)[C@@H](C)C(=O)O[C@H](CCCC#N)C(=O)O. The molecule has 23 heteroatoms. The van der Waals surface area contributed by atoms with Gasteiger partial charge in [-0.3, -0.25) is 24.0 Å². The van der Waals surface area contributed by atoms with Crippen LogP contribution in [0.4, 0.5) is 26.3 Å². The van der Waals surface area contributed by atoms with Gasteiger partial charge in [-0.1, -0.05) is 64.1 Å². The minimum Gasteiger partial charge on any atom is -0.479 e. The number of esters is 1. The molecule has 17 nitrogen and oxygen atoms in total. The summed E-state index contributed by atoms with van der Waals surface area (Å²) in [6.45, 7) is 7.96. The van der Waals surface area contributed by atoms with Gasteiger partial charge < -0.3 is 45.5 Å². The third-order valence-electron chi connectivity index (χ3n) is 12.2. The lowest BCUT2D eigenvalue weighted by Crippen LogP contribution is -2.60. The number of aliphatic carboxylic acids is 1. The maximum Gasteiger partial charge on any atom is 0.391 e. The second-order valence-electron chi connectivity index (χ2n) is 18.9. The minimum atomic E-state index is -4.85. The highest BCUT2D eigenvalue weighted by molar-refractivity contribution is 5.97. The lowest BCUT2D eigenvalue weighted by molar-refractivity contribution is -0.169. The Morgan fingerprint density at radius 3 is 1.85 bits per heavy atom. The molecule has 0 bridgehead atoms. The van der Waals surface area contributed by atoms with E-state index in [1.807, 2.05) is 22.8 Å². The standard InChI is InChI=1S/C50H66F6N8O9/c1-29(2)24-37(60-42(65)39(25-30(3)4)62(7)44(67)35(58)27-50(54,55)56)46(69)63(8)40(26-32-28-64(33-16-10-9-11-17-33)38-19-13-12-18-34(32)38)43(66)59-36(21-22-49(51,52)53)45(68)61(6)31(5)48(72)73-41(47(70)71)20-14-15-23-57/h9-13,16-19,28-31,35-37,39-41H,14-15,20-22,24-27,58H2,1-8H3,(H,59,66)(H,60,65)(H,70,71)/t31-,35-,36-,37-,39-,40-,41+/m0/s1. The molecule has 3 aromatic rings. The van der Waals surface area contributed by atoms with Crippen LogP contribution in [0.2, 0.25) is 0 Å². The Balaban J connectivity index is 2.15. The van der Waals surface area contributed by atoms with Crippen molar-refractivity contribution in [2.45, 2.75) is 147 Å². The second kappa shape index (κ2) is 26.8. The molecule has 2 aromatic carbocycles. The number of hydrogen-bond acceptors (Lipinski definition) is 10. The average Bonchev–Trinajstić information content (AvgIpc) is 3.68. The highest BCUT2D eigenvalue weighted by atomic mass is 19.4. The highest BCUT2D eigenvalue weighted by Crippen LogP contribution is 2.29. The number of nitriles is 1. The number of ether oxygens (including phenoxy) is 1. The number of aromatic nitrogens is 1. The molecular weight excluding hydrogens is 971 g/mol. The van der Waals surface area contributed by atoms with Gasteiger partial charge >= 0.3 is 24.3 Å². The molecule has 1 heterocycles. The van der Waals surface area contributed by atoms with Gasteiger partial charge in [0.15, 0.2) is 6.10 Å². The van der Waals surface area contributed by atoms with Gasteiger partial charge in [-0.2, -0.15) is 31.6 Å². The Kier molecular flexibility index (Phi) is 22.3. The molecule has 0 radical (unpaired) electrons. The molecule has 73 heavy (non-hydrogen) atoms. The van der Waals surface area contributed by atoms with Gasteiger partial charge in [0.05, 0.1) is 24.0 Å². The third-order valence-corrected chi connectivity index (χ3v) is 12.2. The molecule has 0 aliphatic carbocycles. The van der Waals surface area contributed by atoms with Crippen molar-refractivity contribution in [3.8, 4) is 11.8 Å². The number of para-hydroxylation sites is 2. The molecule has 0 aliphatic rings. The summed E-state index contributed by atoms with van der Waals surface area (Å²) in [5.74, 6) is -8.76. The lowest BCUT2D eigenvalue weighted by Gasteiger charge is -2.35. The number of nitrogens with two attached hydrogens (primary N) is 1. The van der Waals surface area contributed by atoms with E-state index in [0.29, 0.717) is 27.1 Å². The summed E-state index contributed by atoms with van der Waals surface area (Å²) in [5.41, 5.74) is 7.47. The molecule has 5 amide bonds. The van der Waals surface area contributed by atoms with E-state index in [1.54, 1.807) is 76.4 Å². The number of hydrogen-bond donors (Lipinski definition) is 4. The normalized spacial score (nSPS) is 14.7. The number of nitrogens with one attached hydrogen (secondary N) is 2. The molecule has 0 unspecified atom stereocenters. The summed E-state index contributed by atoms with van der Waals surface area (Å²) < 4.78 is 88.4. The van der Waals surface area contributed by atoms with Crippen LogP contribution >= 0.6 is 0 Å². The van der Waals surface area contributed by atoms with Crippen LogP contribution in [0, 0.1) is 23.2 Å². The maximum atomic E-state index is 14.9. The predicted molar refractivity (Wildman–Crippen MR) is 256 cm³/mol. The van der Waals surface area contributed by atoms with Gasteiger partial charge in [-0.15, -0.1) is 0 Å². The van der Waals surface area contributed by atoms with Crippen molar-refractivity contribution in [1.82, 2.24) is 29.9 Å². The van der Waals surface area contributed by atoms with Crippen molar-refractivity contribution in [1.29, 1.82) is 5.26 Å². The zero-order valence-corrected chi connectivity index (χ0v) is 42.1. The van der Waals surface area contributed by atoms with Crippen LogP contribution in [0.25, 0.3) is 16.6 Å². The van der Waals surface area contributed by atoms with Crippen molar-refractivity contribution in [3.05, 3.63) is 66.4 Å². The Hall–Kier alpha value is -6.70. The van der Waals surface area contributed by atoms with E-state index in [2.05, 4.69) is 10.6 Å². The second-order valence-corrected chi connectivity index (χ2v) is 18.9. The largest absolute Gasteiger partial charge is 0.479 e. The molecule has 1 aromatic heterocycles. The van der Waals surface area contributed by atoms with E-state index >= 15 is 0 Å². The van der Waals surface area contributed by atoms with Gasteiger partial charge in [0.25, 0.3) is 0 Å². The first-order chi connectivity index (χ1) is 34.0. The number of carbonyl (C=O) groups is 7. The summed E-state index contributed by atoms with van der Waals surface area (Å²) in [5, 5.41) is 24.1. The number of nitrogens with zero attached hydrogens (tertiary/aromatic N) is 5. The number of fused-ring (bicyclic) bond motifs is 1. The van der Waals surface area contributed by atoms with E-state index in [4.69, 9.17) is 15.7 Å². The van der Waals surface area contributed by atoms with E-state index in [-0.39, 0.29) is 50.4 Å². The Morgan fingerprint density at radius 2 is 1.29 bits per heavy atom. The maximum absolute atomic E-state index is 14.9. The van der Waals surface area contributed by atoms with Crippen LogP contribution in [0.3, 0.4) is 0 Å². The quantitative estimate of drug-likeness (QED) is 0.0410. The number of halogens is 6. The monoisotopic (exact) mass is 1040 g/mol. The molecule has 0 spiro atoms. The Bertz CT molecular complexity index is 2420.